The van der Waals surface area contributed by atoms with Crippen LogP contribution in [0.1, 0.15) is 16.3 Å². The highest BCUT2D eigenvalue weighted by molar-refractivity contribution is 7.09. The first-order valence-corrected chi connectivity index (χ1v) is 6.38. The van der Waals surface area contributed by atoms with E-state index in [9.17, 15) is 0 Å². The van der Waals surface area contributed by atoms with Crippen molar-refractivity contribution in [1.82, 2.24) is 9.97 Å². The van der Waals surface area contributed by atoms with Crippen molar-refractivity contribution in [2.45, 2.75) is 20.1 Å². The van der Waals surface area contributed by atoms with Crippen LogP contribution in [0.2, 0.25) is 0 Å². The van der Waals surface area contributed by atoms with Crippen molar-refractivity contribution in [1.29, 1.82) is 0 Å². The number of aryl methyl sites for hydroxylation is 1. The summed E-state index contributed by atoms with van der Waals surface area (Å²) in [5.74, 6) is 1.02. The van der Waals surface area contributed by atoms with E-state index >= 15 is 0 Å². The van der Waals surface area contributed by atoms with E-state index in [1.807, 2.05) is 19.2 Å². The summed E-state index contributed by atoms with van der Waals surface area (Å²) in [6, 6.07) is 4.00. The van der Waals surface area contributed by atoms with Crippen molar-refractivity contribution in [3.8, 4) is 0 Å². The molecule has 0 saturated carbocycles. The fourth-order valence-electron chi connectivity index (χ4n) is 1.95. The van der Waals surface area contributed by atoms with Gasteiger partial charge in [0.15, 0.2) is 0 Å². The minimum Gasteiger partial charge on any atom is -0.356 e. The first-order valence-electron chi connectivity index (χ1n) is 5.50. The summed E-state index contributed by atoms with van der Waals surface area (Å²) < 4.78 is 5.55. The zero-order valence-electron chi connectivity index (χ0n) is 9.59. The van der Waals surface area contributed by atoms with Crippen molar-refractivity contribution in [3.05, 3.63) is 40.0 Å². The van der Waals surface area contributed by atoms with Gasteiger partial charge in [-0.15, -0.1) is 11.3 Å². The van der Waals surface area contributed by atoms with Gasteiger partial charge in [0.1, 0.15) is 12.5 Å². The van der Waals surface area contributed by atoms with Gasteiger partial charge in [-0.25, -0.2) is 9.97 Å². The fraction of sp³-hybridized carbons (Fsp3) is 0.333. The Morgan fingerprint density at radius 2 is 2.47 bits per heavy atom. The van der Waals surface area contributed by atoms with Crippen molar-refractivity contribution in [2.24, 2.45) is 0 Å². The molecular weight excluding hydrogens is 234 g/mol. The third-order valence-electron chi connectivity index (χ3n) is 2.69. The van der Waals surface area contributed by atoms with Gasteiger partial charge in [-0.3, -0.25) is 0 Å². The first-order chi connectivity index (χ1) is 8.33. The smallest absolute Gasteiger partial charge is 0.136 e. The average molecular weight is 247 g/mol. The van der Waals surface area contributed by atoms with Crippen LogP contribution in [-0.2, 0) is 17.9 Å². The summed E-state index contributed by atoms with van der Waals surface area (Å²) >= 11 is 1.68. The first kappa shape index (κ1) is 10.7. The predicted octanol–water partition coefficient (Wildman–Crippen LogP) is 2.34. The number of pyridine rings is 1. The van der Waals surface area contributed by atoms with Crippen LogP contribution in [0.4, 0.5) is 5.82 Å². The summed E-state index contributed by atoms with van der Waals surface area (Å²) in [6.07, 6.45) is 1.82. The van der Waals surface area contributed by atoms with Gasteiger partial charge in [-0.05, 0) is 13.0 Å². The molecule has 5 heteroatoms. The SMILES string of the molecule is Cc1nc(CN2COCc3cccnc32)cs1. The normalized spacial score (nSPS) is 14.8. The van der Waals surface area contributed by atoms with E-state index in [0.717, 1.165) is 28.6 Å². The molecule has 1 aliphatic heterocycles. The van der Waals surface area contributed by atoms with E-state index in [-0.39, 0.29) is 0 Å². The maximum absolute atomic E-state index is 5.55. The third-order valence-corrected chi connectivity index (χ3v) is 3.51. The molecular formula is C12H13N3OS. The molecule has 17 heavy (non-hydrogen) atoms. The highest BCUT2D eigenvalue weighted by Gasteiger charge is 2.18. The number of nitrogens with zero attached hydrogens (tertiary/aromatic N) is 3. The Hall–Kier alpha value is -1.46. The van der Waals surface area contributed by atoms with Crippen LogP contribution in [0.3, 0.4) is 0 Å². The molecule has 3 rings (SSSR count). The lowest BCUT2D eigenvalue weighted by Gasteiger charge is -2.29. The monoisotopic (exact) mass is 247 g/mol. The molecule has 0 fully saturated rings. The Bertz CT molecular complexity index is 526. The number of fused-ring (bicyclic) bond motifs is 1. The molecule has 0 aromatic carbocycles. The third kappa shape index (κ3) is 2.16. The molecule has 1 aliphatic rings. The number of hydrogen-bond donors (Lipinski definition) is 0. The summed E-state index contributed by atoms with van der Waals surface area (Å²) in [4.78, 5) is 11.0. The molecule has 2 aromatic rings. The van der Waals surface area contributed by atoms with Gasteiger partial charge >= 0.3 is 0 Å². The van der Waals surface area contributed by atoms with Gasteiger partial charge in [0.25, 0.3) is 0 Å². The topological polar surface area (TPSA) is 38.2 Å². The van der Waals surface area contributed by atoms with E-state index < -0.39 is 0 Å². The lowest BCUT2D eigenvalue weighted by molar-refractivity contribution is 0.108. The molecule has 88 valence electrons. The van der Waals surface area contributed by atoms with Gasteiger partial charge in [-0.1, -0.05) is 6.07 Å². The van der Waals surface area contributed by atoms with Crippen molar-refractivity contribution in [2.75, 3.05) is 11.6 Å². The Kier molecular flexibility index (Phi) is 2.78. The van der Waals surface area contributed by atoms with E-state index in [1.54, 1.807) is 11.3 Å². The maximum Gasteiger partial charge on any atom is 0.136 e. The van der Waals surface area contributed by atoms with Crippen LogP contribution in [-0.4, -0.2) is 16.7 Å². The second-order valence-corrected chi connectivity index (χ2v) is 5.08. The van der Waals surface area contributed by atoms with Crippen molar-refractivity contribution < 1.29 is 4.74 Å². The Morgan fingerprint density at radius 3 is 3.29 bits per heavy atom. The molecule has 0 unspecified atom stereocenters. The predicted molar refractivity (Wildman–Crippen MR) is 66.9 cm³/mol. The van der Waals surface area contributed by atoms with Gasteiger partial charge < -0.3 is 9.64 Å². The standard InChI is InChI=1S/C12H13N3OS/c1-9-14-11(7-17-9)5-15-8-16-6-10-3-2-4-13-12(10)15/h2-4,7H,5-6,8H2,1H3. The van der Waals surface area contributed by atoms with Crippen LogP contribution in [0.25, 0.3) is 0 Å². The van der Waals surface area contributed by atoms with Crippen LogP contribution in [0.5, 0.6) is 0 Å². The molecule has 0 radical (unpaired) electrons. The minimum absolute atomic E-state index is 0.584. The largest absolute Gasteiger partial charge is 0.356 e. The van der Waals surface area contributed by atoms with Crippen molar-refractivity contribution >= 4 is 17.2 Å². The number of hydrogen-bond acceptors (Lipinski definition) is 5. The molecule has 3 heterocycles. The van der Waals surface area contributed by atoms with Gasteiger partial charge in [-0.2, -0.15) is 0 Å². The zero-order chi connectivity index (χ0) is 11.7. The summed E-state index contributed by atoms with van der Waals surface area (Å²) in [6.45, 7) is 4.01. The molecule has 0 aliphatic carbocycles. The number of anilines is 1. The molecule has 0 atom stereocenters. The van der Waals surface area contributed by atoms with Gasteiger partial charge in [0.2, 0.25) is 0 Å². The van der Waals surface area contributed by atoms with Crippen LogP contribution >= 0.6 is 11.3 Å². The summed E-state index contributed by atoms with van der Waals surface area (Å²) in [5, 5.41) is 3.19. The molecule has 4 nitrogen and oxygen atoms in total. The van der Waals surface area contributed by atoms with E-state index in [2.05, 4.69) is 26.3 Å². The van der Waals surface area contributed by atoms with Crippen LogP contribution in [0, 0.1) is 6.92 Å². The molecule has 0 bridgehead atoms. The second-order valence-electron chi connectivity index (χ2n) is 4.02. The van der Waals surface area contributed by atoms with Crippen LogP contribution < -0.4 is 4.90 Å². The number of aromatic nitrogens is 2. The second kappa shape index (κ2) is 4.43. The quantitative estimate of drug-likeness (QED) is 0.816. The molecule has 0 N–H and O–H groups in total. The Morgan fingerprint density at radius 1 is 1.53 bits per heavy atom. The van der Waals surface area contributed by atoms with Gasteiger partial charge in [0.05, 0.1) is 23.9 Å². The molecule has 2 aromatic heterocycles. The Balaban J connectivity index is 1.85. The van der Waals surface area contributed by atoms with Gasteiger partial charge in [0, 0.05) is 17.1 Å². The Labute approximate surface area is 104 Å². The lowest BCUT2D eigenvalue weighted by atomic mass is 10.2. The minimum atomic E-state index is 0.584. The van der Waals surface area contributed by atoms with E-state index in [0.29, 0.717) is 13.3 Å². The number of ether oxygens (including phenoxy) is 1. The highest BCUT2D eigenvalue weighted by atomic mass is 32.1. The summed E-state index contributed by atoms with van der Waals surface area (Å²) in [5.41, 5.74) is 2.22. The average Bonchev–Trinajstić information content (AvgIpc) is 2.75. The van der Waals surface area contributed by atoms with E-state index in [1.165, 1.54) is 0 Å². The van der Waals surface area contributed by atoms with Crippen LogP contribution in [0.15, 0.2) is 23.7 Å². The molecule has 0 amide bonds. The molecule has 0 spiro atoms. The van der Waals surface area contributed by atoms with Crippen molar-refractivity contribution in [3.63, 3.8) is 0 Å². The lowest BCUT2D eigenvalue weighted by Crippen LogP contribution is -2.31. The maximum atomic E-state index is 5.55. The molecule has 0 saturated heterocycles. The summed E-state index contributed by atoms with van der Waals surface area (Å²) in [7, 11) is 0. The number of rotatable bonds is 2. The zero-order valence-corrected chi connectivity index (χ0v) is 10.4. The highest BCUT2D eigenvalue weighted by Crippen LogP contribution is 2.24. The number of thiazole rings is 1. The van der Waals surface area contributed by atoms with E-state index in [4.69, 9.17) is 4.74 Å². The fourth-order valence-corrected chi connectivity index (χ4v) is 2.56.